The van der Waals surface area contributed by atoms with Gasteiger partial charge in [0, 0.05) is 13.5 Å². The first-order valence-corrected chi connectivity index (χ1v) is 6.11. The van der Waals surface area contributed by atoms with E-state index in [4.69, 9.17) is 4.74 Å². The van der Waals surface area contributed by atoms with Gasteiger partial charge < -0.3 is 9.84 Å². The van der Waals surface area contributed by atoms with Gasteiger partial charge in [-0.3, -0.25) is 0 Å². The molecule has 2 rings (SSSR count). The normalized spacial score (nSPS) is 14.1. The molecule has 0 aliphatic heterocycles. The van der Waals surface area contributed by atoms with Crippen LogP contribution in [0.5, 0.6) is 0 Å². The highest BCUT2D eigenvalue weighted by atomic mass is 16.5. The first-order valence-electron chi connectivity index (χ1n) is 6.11. The van der Waals surface area contributed by atoms with Crippen LogP contribution >= 0.6 is 0 Å². The third-order valence-electron chi connectivity index (χ3n) is 3.02. The monoisotopic (exact) mass is 242 g/mol. The highest BCUT2D eigenvalue weighted by molar-refractivity contribution is 5.21. The minimum Gasteiger partial charge on any atom is -0.390 e. The van der Waals surface area contributed by atoms with Gasteiger partial charge in [-0.05, 0) is 11.1 Å². The summed E-state index contributed by atoms with van der Waals surface area (Å²) in [5, 5.41) is 10.3. The molecule has 2 unspecified atom stereocenters. The van der Waals surface area contributed by atoms with Crippen molar-refractivity contribution in [2.24, 2.45) is 0 Å². The molecule has 0 aromatic heterocycles. The Morgan fingerprint density at radius 2 is 1.50 bits per heavy atom. The minimum atomic E-state index is -0.542. The third kappa shape index (κ3) is 3.19. The molecular weight excluding hydrogens is 224 g/mol. The highest BCUT2D eigenvalue weighted by Crippen LogP contribution is 2.22. The fraction of sp³-hybridized carbons (Fsp3) is 0.250. The Labute approximate surface area is 108 Å². The van der Waals surface area contributed by atoms with Gasteiger partial charge in [-0.15, -0.1) is 0 Å². The summed E-state index contributed by atoms with van der Waals surface area (Å²) in [6.07, 6.45) is -0.236. The summed E-state index contributed by atoms with van der Waals surface area (Å²) in [6, 6.07) is 19.8. The average Bonchev–Trinajstić information content (AvgIpc) is 2.42. The van der Waals surface area contributed by atoms with Gasteiger partial charge in [0.1, 0.15) is 6.10 Å². The van der Waals surface area contributed by atoms with E-state index in [-0.39, 0.29) is 6.10 Å². The number of rotatable bonds is 5. The summed E-state index contributed by atoms with van der Waals surface area (Å²) in [6.45, 7) is 0. The van der Waals surface area contributed by atoms with E-state index in [0.29, 0.717) is 6.42 Å². The smallest absolute Gasteiger partial charge is 0.108 e. The van der Waals surface area contributed by atoms with Crippen LogP contribution in [0.1, 0.15) is 17.2 Å². The van der Waals surface area contributed by atoms with E-state index in [0.717, 1.165) is 11.1 Å². The van der Waals surface area contributed by atoms with Crippen molar-refractivity contribution in [1.29, 1.82) is 0 Å². The quantitative estimate of drug-likeness (QED) is 0.873. The predicted molar refractivity (Wildman–Crippen MR) is 72.3 cm³/mol. The van der Waals surface area contributed by atoms with Crippen molar-refractivity contribution in [3.63, 3.8) is 0 Å². The van der Waals surface area contributed by atoms with Gasteiger partial charge >= 0.3 is 0 Å². The molecule has 0 saturated heterocycles. The number of benzene rings is 2. The Bertz CT molecular complexity index is 453. The zero-order valence-electron chi connectivity index (χ0n) is 10.5. The first-order chi connectivity index (χ1) is 8.81. The Balaban J connectivity index is 2.09. The summed E-state index contributed by atoms with van der Waals surface area (Å²) in [4.78, 5) is 0. The van der Waals surface area contributed by atoms with Gasteiger partial charge in [0.05, 0.1) is 6.10 Å². The second kappa shape index (κ2) is 6.34. The van der Waals surface area contributed by atoms with Crippen LogP contribution in [-0.4, -0.2) is 18.3 Å². The Morgan fingerprint density at radius 1 is 0.944 bits per heavy atom. The van der Waals surface area contributed by atoms with E-state index in [9.17, 15) is 5.11 Å². The van der Waals surface area contributed by atoms with Crippen molar-refractivity contribution < 1.29 is 9.84 Å². The third-order valence-corrected chi connectivity index (χ3v) is 3.02. The van der Waals surface area contributed by atoms with Gasteiger partial charge in [-0.25, -0.2) is 0 Å². The lowest BCUT2D eigenvalue weighted by Gasteiger charge is -2.22. The van der Waals surface area contributed by atoms with Gasteiger partial charge in [-0.2, -0.15) is 0 Å². The summed E-state index contributed by atoms with van der Waals surface area (Å²) in [7, 11) is 1.63. The van der Waals surface area contributed by atoms with Gasteiger partial charge in [0.25, 0.3) is 0 Å². The molecule has 2 aromatic carbocycles. The van der Waals surface area contributed by atoms with Crippen molar-refractivity contribution in [3.05, 3.63) is 71.8 Å². The number of aliphatic hydroxyl groups excluding tert-OH is 1. The Morgan fingerprint density at radius 3 is 2.06 bits per heavy atom. The van der Waals surface area contributed by atoms with Crippen LogP contribution in [0.15, 0.2) is 60.7 Å². The van der Waals surface area contributed by atoms with E-state index in [1.807, 2.05) is 60.7 Å². The molecule has 2 aromatic rings. The molecule has 1 N–H and O–H groups in total. The van der Waals surface area contributed by atoms with Gasteiger partial charge in [0.2, 0.25) is 0 Å². The number of hydrogen-bond acceptors (Lipinski definition) is 2. The number of hydrogen-bond donors (Lipinski definition) is 1. The molecule has 0 bridgehead atoms. The molecule has 2 heteroatoms. The van der Waals surface area contributed by atoms with Crippen molar-refractivity contribution in [2.75, 3.05) is 7.11 Å². The zero-order chi connectivity index (χ0) is 12.8. The molecule has 0 amide bonds. The van der Waals surface area contributed by atoms with E-state index >= 15 is 0 Å². The summed E-state index contributed by atoms with van der Waals surface area (Å²) >= 11 is 0. The first kappa shape index (κ1) is 12.8. The molecule has 18 heavy (non-hydrogen) atoms. The Kier molecular flexibility index (Phi) is 4.51. The molecule has 0 saturated carbocycles. The largest absolute Gasteiger partial charge is 0.390 e. The highest BCUT2D eigenvalue weighted by Gasteiger charge is 2.20. The number of methoxy groups -OCH3 is 1. The predicted octanol–water partition coefficient (Wildman–Crippen LogP) is 2.98. The number of ether oxygens (including phenoxy) is 1. The maximum Gasteiger partial charge on any atom is 0.108 e. The molecule has 94 valence electrons. The minimum absolute atomic E-state index is 0.286. The second-order valence-electron chi connectivity index (χ2n) is 4.32. The SMILES string of the molecule is COC(c1ccccc1)C(O)Cc1ccccc1. The van der Waals surface area contributed by atoms with E-state index in [2.05, 4.69) is 0 Å². The lowest BCUT2D eigenvalue weighted by Crippen LogP contribution is -2.22. The molecule has 0 spiro atoms. The molecule has 0 fully saturated rings. The lowest BCUT2D eigenvalue weighted by molar-refractivity contribution is -0.0128. The fourth-order valence-electron chi connectivity index (χ4n) is 2.12. The van der Waals surface area contributed by atoms with E-state index in [1.165, 1.54) is 0 Å². The zero-order valence-corrected chi connectivity index (χ0v) is 10.5. The maximum atomic E-state index is 10.3. The van der Waals surface area contributed by atoms with Crippen LogP contribution in [0.25, 0.3) is 0 Å². The van der Waals surface area contributed by atoms with E-state index in [1.54, 1.807) is 7.11 Å². The summed E-state index contributed by atoms with van der Waals surface area (Å²) in [5.74, 6) is 0. The Hall–Kier alpha value is -1.64. The van der Waals surface area contributed by atoms with Crippen LogP contribution in [0, 0.1) is 0 Å². The average molecular weight is 242 g/mol. The van der Waals surface area contributed by atoms with Crippen molar-refractivity contribution in [3.8, 4) is 0 Å². The molecule has 2 atom stereocenters. The summed E-state index contributed by atoms with van der Waals surface area (Å²) in [5.41, 5.74) is 2.12. The molecular formula is C16H18O2. The molecule has 0 heterocycles. The standard InChI is InChI=1S/C16H18O2/c1-18-16(14-10-6-3-7-11-14)15(17)12-13-8-4-2-5-9-13/h2-11,15-17H,12H2,1H3. The maximum absolute atomic E-state index is 10.3. The molecule has 0 aliphatic rings. The van der Waals surface area contributed by atoms with Crippen molar-refractivity contribution in [1.82, 2.24) is 0 Å². The van der Waals surface area contributed by atoms with Crippen molar-refractivity contribution >= 4 is 0 Å². The van der Waals surface area contributed by atoms with Crippen LogP contribution < -0.4 is 0 Å². The number of aliphatic hydroxyl groups is 1. The van der Waals surface area contributed by atoms with Crippen LogP contribution in [0.2, 0.25) is 0 Å². The van der Waals surface area contributed by atoms with E-state index < -0.39 is 6.10 Å². The lowest BCUT2D eigenvalue weighted by atomic mass is 9.98. The summed E-state index contributed by atoms with van der Waals surface area (Å²) < 4.78 is 5.42. The molecule has 2 nitrogen and oxygen atoms in total. The topological polar surface area (TPSA) is 29.5 Å². The van der Waals surface area contributed by atoms with Crippen LogP contribution in [0.3, 0.4) is 0 Å². The van der Waals surface area contributed by atoms with Crippen LogP contribution in [0.4, 0.5) is 0 Å². The molecule has 0 aliphatic carbocycles. The second-order valence-corrected chi connectivity index (χ2v) is 4.32. The van der Waals surface area contributed by atoms with Crippen LogP contribution in [-0.2, 0) is 11.2 Å². The van der Waals surface area contributed by atoms with Crippen molar-refractivity contribution in [2.45, 2.75) is 18.6 Å². The fourth-order valence-corrected chi connectivity index (χ4v) is 2.12. The van der Waals surface area contributed by atoms with Gasteiger partial charge in [-0.1, -0.05) is 60.7 Å². The van der Waals surface area contributed by atoms with Gasteiger partial charge in [0.15, 0.2) is 0 Å². The molecule has 0 radical (unpaired) electrons.